The minimum atomic E-state index is 0.403. The van der Waals surface area contributed by atoms with Gasteiger partial charge in [0.15, 0.2) is 5.11 Å². The summed E-state index contributed by atoms with van der Waals surface area (Å²) in [4.78, 5) is 1.63. The van der Waals surface area contributed by atoms with Crippen LogP contribution >= 0.6 is 12.2 Å². The lowest BCUT2D eigenvalue weighted by Crippen LogP contribution is -3.11. The van der Waals surface area contributed by atoms with E-state index >= 15 is 0 Å². The molecular formula is C21H28N3OS+. The third kappa shape index (κ3) is 5.19. The molecule has 0 radical (unpaired) electrons. The summed E-state index contributed by atoms with van der Waals surface area (Å²) in [5, 5.41) is 7.44. The molecule has 0 aromatic heterocycles. The van der Waals surface area contributed by atoms with Crippen molar-refractivity contribution in [3.8, 4) is 5.75 Å². The number of methoxy groups -OCH3 is 1. The molecule has 0 aliphatic carbocycles. The highest BCUT2D eigenvalue weighted by atomic mass is 32.1. The number of ether oxygens (including phenoxy) is 1. The van der Waals surface area contributed by atoms with E-state index in [-0.39, 0.29) is 0 Å². The Hall–Kier alpha value is -2.11. The Morgan fingerprint density at radius 2 is 1.73 bits per heavy atom. The van der Waals surface area contributed by atoms with E-state index in [1.54, 1.807) is 12.0 Å². The van der Waals surface area contributed by atoms with Gasteiger partial charge in [-0.25, -0.2) is 0 Å². The third-order valence-electron chi connectivity index (χ3n) is 5.02. The Balaban J connectivity index is 1.57. The van der Waals surface area contributed by atoms with Crippen molar-refractivity contribution in [2.24, 2.45) is 0 Å². The molecule has 0 amide bonds. The molecule has 0 spiro atoms. The van der Waals surface area contributed by atoms with Gasteiger partial charge < -0.3 is 20.3 Å². The van der Waals surface area contributed by atoms with Crippen molar-refractivity contribution in [3.05, 3.63) is 65.7 Å². The number of hydrogen-bond acceptors (Lipinski definition) is 2. The molecule has 3 N–H and O–H groups in total. The predicted molar refractivity (Wildman–Crippen MR) is 110 cm³/mol. The molecule has 3 rings (SSSR count). The largest absolute Gasteiger partial charge is 0.497 e. The zero-order valence-corrected chi connectivity index (χ0v) is 16.1. The first-order valence-electron chi connectivity index (χ1n) is 9.30. The van der Waals surface area contributed by atoms with E-state index in [0.29, 0.717) is 11.2 Å². The summed E-state index contributed by atoms with van der Waals surface area (Å²) >= 11 is 5.48. The summed E-state index contributed by atoms with van der Waals surface area (Å²) in [6, 6.07) is 19.2. The fourth-order valence-electron chi connectivity index (χ4n) is 3.55. The van der Waals surface area contributed by atoms with Gasteiger partial charge in [0.1, 0.15) is 11.8 Å². The zero-order valence-electron chi connectivity index (χ0n) is 15.3. The Bertz CT molecular complexity index is 684. The summed E-state index contributed by atoms with van der Waals surface area (Å²) < 4.78 is 5.29. The molecule has 1 aliphatic heterocycles. The molecule has 0 saturated carbocycles. The molecule has 0 bridgehead atoms. The molecule has 1 atom stereocenters. The van der Waals surface area contributed by atoms with Gasteiger partial charge >= 0.3 is 0 Å². The minimum absolute atomic E-state index is 0.403. The second-order valence-corrected chi connectivity index (χ2v) is 7.15. The van der Waals surface area contributed by atoms with E-state index in [1.807, 2.05) is 30.3 Å². The van der Waals surface area contributed by atoms with Crippen LogP contribution in [0.5, 0.6) is 5.75 Å². The minimum Gasteiger partial charge on any atom is -0.497 e. The topological polar surface area (TPSA) is 37.7 Å². The molecule has 1 heterocycles. The van der Waals surface area contributed by atoms with Crippen molar-refractivity contribution in [2.75, 3.05) is 26.7 Å². The van der Waals surface area contributed by atoms with Gasteiger partial charge in [-0.05, 0) is 42.0 Å². The normalized spacial score (nSPS) is 15.4. The SMILES string of the molecule is COc1ccc([C@H](CNC(=S)NCc2ccccc2)[NH+]2CCCC2)cc1. The summed E-state index contributed by atoms with van der Waals surface area (Å²) in [7, 11) is 1.70. The first-order chi connectivity index (χ1) is 12.8. The zero-order chi connectivity index (χ0) is 18.2. The third-order valence-corrected chi connectivity index (χ3v) is 5.31. The van der Waals surface area contributed by atoms with Crippen molar-refractivity contribution in [3.63, 3.8) is 0 Å². The van der Waals surface area contributed by atoms with E-state index in [2.05, 4.69) is 34.9 Å². The van der Waals surface area contributed by atoms with Crippen LogP contribution in [0.3, 0.4) is 0 Å². The molecule has 5 heteroatoms. The van der Waals surface area contributed by atoms with Crippen molar-refractivity contribution in [1.29, 1.82) is 0 Å². The van der Waals surface area contributed by atoms with Gasteiger partial charge in [-0.15, -0.1) is 0 Å². The number of thiocarbonyl (C=S) groups is 1. The standard InChI is InChI=1S/C21H27N3OS/c1-25-19-11-9-18(10-12-19)20(24-13-5-6-14-24)16-23-21(26)22-15-17-7-3-2-4-8-17/h2-4,7-12,20H,5-6,13-16H2,1H3,(H2,22,23,26)/p+1/t20-/m0/s1. The number of benzene rings is 2. The van der Waals surface area contributed by atoms with Gasteiger partial charge in [0.2, 0.25) is 0 Å². The molecule has 2 aromatic rings. The van der Waals surface area contributed by atoms with Crippen molar-refractivity contribution < 1.29 is 9.64 Å². The smallest absolute Gasteiger partial charge is 0.166 e. The summed E-state index contributed by atoms with van der Waals surface area (Å²) in [5.74, 6) is 0.900. The molecule has 1 aliphatic rings. The predicted octanol–water partition coefficient (Wildman–Crippen LogP) is 2.08. The number of rotatable bonds is 7. The van der Waals surface area contributed by atoms with E-state index in [0.717, 1.165) is 18.8 Å². The molecule has 2 aromatic carbocycles. The van der Waals surface area contributed by atoms with Crippen LogP contribution in [0, 0.1) is 0 Å². The van der Waals surface area contributed by atoms with Gasteiger partial charge in [0, 0.05) is 24.9 Å². The Morgan fingerprint density at radius 1 is 1.04 bits per heavy atom. The van der Waals surface area contributed by atoms with E-state index < -0.39 is 0 Å². The Labute approximate surface area is 161 Å². The highest BCUT2D eigenvalue weighted by Gasteiger charge is 2.27. The highest BCUT2D eigenvalue weighted by Crippen LogP contribution is 2.16. The van der Waals surface area contributed by atoms with Crippen LogP contribution in [0.1, 0.15) is 30.0 Å². The van der Waals surface area contributed by atoms with Crippen LogP contribution in [-0.4, -0.2) is 31.9 Å². The molecule has 26 heavy (non-hydrogen) atoms. The van der Waals surface area contributed by atoms with Crippen LogP contribution in [-0.2, 0) is 6.54 Å². The van der Waals surface area contributed by atoms with Gasteiger partial charge in [-0.3, -0.25) is 0 Å². The highest BCUT2D eigenvalue weighted by molar-refractivity contribution is 7.80. The number of quaternary nitrogens is 1. The van der Waals surface area contributed by atoms with E-state index in [4.69, 9.17) is 17.0 Å². The lowest BCUT2D eigenvalue weighted by Gasteiger charge is -2.26. The summed E-state index contributed by atoms with van der Waals surface area (Å²) in [6.45, 7) is 4.03. The van der Waals surface area contributed by atoms with Crippen LogP contribution < -0.4 is 20.3 Å². The fourth-order valence-corrected chi connectivity index (χ4v) is 3.70. The molecule has 0 unspecified atom stereocenters. The maximum absolute atomic E-state index is 5.48. The van der Waals surface area contributed by atoms with Gasteiger partial charge in [0.05, 0.1) is 26.7 Å². The molecule has 1 fully saturated rings. The van der Waals surface area contributed by atoms with Crippen LogP contribution in [0.25, 0.3) is 0 Å². The Kier molecular flexibility index (Phi) is 6.86. The lowest BCUT2D eigenvalue weighted by molar-refractivity contribution is -0.918. The average Bonchev–Trinajstić information content (AvgIpc) is 3.22. The number of likely N-dealkylation sites (tertiary alicyclic amines) is 1. The van der Waals surface area contributed by atoms with E-state index in [1.165, 1.54) is 37.1 Å². The maximum Gasteiger partial charge on any atom is 0.166 e. The second kappa shape index (κ2) is 9.55. The number of nitrogens with one attached hydrogen (secondary N) is 3. The van der Waals surface area contributed by atoms with Crippen molar-refractivity contribution in [2.45, 2.75) is 25.4 Å². The van der Waals surface area contributed by atoms with E-state index in [9.17, 15) is 0 Å². The van der Waals surface area contributed by atoms with Crippen molar-refractivity contribution in [1.82, 2.24) is 10.6 Å². The van der Waals surface area contributed by atoms with Crippen LogP contribution in [0.4, 0.5) is 0 Å². The summed E-state index contributed by atoms with van der Waals surface area (Å²) in [5.41, 5.74) is 2.56. The first kappa shape index (κ1) is 18.7. The van der Waals surface area contributed by atoms with Gasteiger partial charge in [-0.2, -0.15) is 0 Å². The lowest BCUT2D eigenvalue weighted by atomic mass is 10.1. The molecule has 1 saturated heterocycles. The molecule has 138 valence electrons. The monoisotopic (exact) mass is 370 g/mol. The number of hydrogen-bond donors (Lipinski definition) is 3. The Morgan fingerprint density at radius 3 is 2.38 bits per heavy atom. The van der Waals surface area contributed by atoms with Crippen LogP contribution in [0.2, 0.25) is 0 Å². The molecular weight excluding hydrogens is 342 g/mol. The molecule has 4 nitrogen and oxygen atoms in total. The summed E-state index contributed by atoms with van der Waals surface area (Å²) in [6.07, 6.45) is 2.61. The van der Waals surface area contributed by atoms with Gasteiger partial charge in [-0.1, -0.05) is 30.3 Å². The average molecular weight is 371 g/mol. The fraction of sp³-hybridized carbons (Fsp3) is 0.381. The van der Waals surface area contributed by atoms with Crippen LogP contribution in [0.15, 0.2) is 54.6 Å². The van der Waals surface area contributed by atoms with Gasteiger partial charge in [0.25, 0.3) is 0 Å². The first-order valence-corrected chi connectivity index (χ1v) is 9.71. The van der Waals surface area contributed by atoms with Crippen molar-refractivity contribution >= 4 is 17.3 Å². The quantitative estimate of drug-likeness (QED) is 0.653. The second-order valence-electron chi connectivity index (χ2n) is 6.74. The maximum atomic E-state index is 5.48.